The fourth-order valence-electron chi connectivity index (χ4n) is 3.16. The van der Waals surface area contributed by atoms with E-state index in [2.05, 4.69) is 30.3 Å². The number of aromatic amines is 1. The number of sulfonamides is 1. The maximum absolute atomic E-state index is 12.0. The Balaban J connectivity index is 1.57. The van der Waals surface area contributed by atoms with Crippen molar-refractivity contribution in [2.24, 2.45) is 0 Å². The summed E-state index contributed by atoms with van der Waals surface area (Å²) in [6.07, 6.45) is 1.39. The van der Waals surface area contributed by atoms with E-state index in [1.165, 1.54) is 25.5 Å². The Hall–Kier alpha value is -3.76. The lowest BCUT2D eigenvalue weighted by Gasteiger charge is -2.11. The molecule has 0 spiro atoms. The van der Waals surface area contributed by atoms with Crippen molar-refractivity contribution in [3.8, 4) is 0 Å². The van der Waals surface area contributed by atoms with Crippen LogP contribution >= 0.6 is 0 Å². The highest BCUT2D eigenvalue weighted by molar-refractivity contribution is 7.89. The topological polar surface area (TPSA) is 129 Å². The van der Waals surface area contributed by atoms with Crippen molar-refractivity contribution in [2.75, 3.05) is 17.7 Å². The summed E-state index contributed by atoms with van der Waals surface area (Å²) in [6, 6.07) is 15.3. The molecule has 158 valence electrons. The number of hydrogen-bond donors (Lipinski definition) is 4. The van der Waals surface area contributed by atoms with Crippen LogP contribution < -0.4 is 20.9 Å². The van der Waals surface area contributed by atoms with E-state index < -0.39 is 10.0 Å². The molecule has 0 unspecified atom stereocenters. The van der Waals surface area contributed by atoms with Gasteiger partial charge in [-0.15, -0.1) is 0 Å². The number of hydrogen-bond acceptors (Lipinski definition) is 7. The monoisotopic (exact) mass is 436 g/mol. The third-order valence-electron chi connectivity index (χ3n) is 4.67. The summed E-state index contributed by atoms with van der Waals surface area (Å²) in [4.78, 5) is 23.1. The molecule has 0 aliphatic carbocycles. The van der Waals surface area contributed by atoms with Crippen molar-refractivity contribution in [1.29, 1.82) is 0 Å². The molecule has 0 fully saturated rings. The molecule has 0 aliphatic heterocycles. The minimum Gasteiger partial charge on any atom is -0.340 e. The molecule has 31 heavy (non-hydrogen) atoms. The number of fused-ring (bicyclic) bond motifs is 1. The predicted molar refractivity (Wildman–Crippen MR) is 121 cm³/mol. The highest BCUT2D eigenvalue weighted by Crippen LogP contribution is 2.24. The van der Waals surface area contributed by atoms with Gasteiger partial charge in [0.05, 0.1) is 10.4 Å². The second-order valence-electron chi connectivity index (χ2n) is 6.85. The summed E-state index contributed by atoms with van der Waals surface area (Å²) >= 11 is 0. The molecule has 0 aliphatic rings. The normalized spacial score (nSPS) is 11.4. The van der Waals surface area contributed by atoms with E-state index in [0.29, 0.717) is 17.3 Å². The Bertz CT molecular complexity index is 1430. The van der Waals surface area contributed by atoms with Gasteiger partial charge in [-0.1, -0.05) is 12.1 Å². The maximum atomic E-state index is 12.0. The molecule has 0 amide bonds. The molecule has 0 bridgehead atoms. The first kappa shape index (κ1) is 20.5. The molecule has 0 radical (unpaired) electrons. The molecule has 2 heterocycles. The highest BCUT2D eigenvalue weighted by atomic mass is 32.2. The van der Waals surface area contributed by atoms with Crippen LogP contribution in [0.5, 0.6) is 0 Å². The molecule has 2 aromatic carbocycles. The largest absolute Gasteiger partial charge is 0.340 e. The first-order valence-corrected chi connectivity index (χ1v) is 10.9. The van der Waals surface area contributed by atoms with Crippen LogP contribution in [-0.4, -0.2) is 30.4 Å². The molecule has 0 atom stereocenters. The Labute approximate surface area is 178 Å². The molecule has 9 nitrogen and oxygen atoms in total. The number of aromatic nitrogens is 3. The number of benzene rings is 2. The first-order valence-electron chi connectivity index (χ1n) is 9.37. The molecule has 4 N–H and O–H groups in total. The lowest BCUT2D eigenvalue weighted by Crippen LogP contribution is -2.18. The summed E-state index contributed by atoms with van der Waals surface area (Å²) in [5.74, 6) is 1.02. The van der Waals surface area contributed by atoms with Gasteiger partial charge in [0.25, 0.3) is 0 Å². The van der Waals surface area contributed by atoms with Gasteiger partial charge >= 0.3 is 0 Å². The average molecular weight is 436 g/mol. The zero-order valence-electron chi connectivity index (χ0n) is 16.8. The first-order chi connectivity index (χ1) is 14.8. The standard InChI is InChI=1S/C21H20N6O3S/c1-13-8-21(28)27-18-10-15(6-7-17(13)18)26-20-11-19(23-12-24-20)25-14-4-3-5-16(9-14)31(29,30)22-2/h3-12,22H,1-2H3,(H,27,28)(H2,23,24,25,26). The van der Waals surface area contributed by atoms with Crippen LogP contribution in [0.25, 0.3) is 10.9 Å². The number of pyridine rings is 1. The maximum Gasteiger partial charge on any atom is 0.248 e. The number of nitrogens with one attached hydrogen (secondary N) is 4. The van der Waals surface area contributed by atoms with Crippen molar-refractivity contribution >= 4 is 43.9 Å². The quantitative estimate of drug-likeness (QED) is 0.366. The zero-order chi connectivity index (χ0) is 22.0. The Morgan fingerprint density at radius 3 is 2.32 bits per heavy atom. The molecule has 2 aromatic heterocycles. The van der Waals surface area contributed by atoms with E-state index in [1.54, 1.807) is 24.3 Å². The average Bonchev–Trinajstić information content (AvgIpc) is 2.74. The number of H-pyrrole nitrogens is 1. The van der Waals surface area contributed by atoms with Crippen LogP contribution in [-0.2, 0) is 10.0 Å². The molecule has 0 saturated carbocycles. The summed E-state index contributed by atoms with van der Waals surface area (Å²) in [6.45, 7) is 1.89. The summed E-state index contributed by atoms with van der Waals surface area (Å²) in [5, 5.41) is 7.23. The highest BCUT2D eigenvalue weighted by Gasteiger charge is 2.11. The van der Waals surface area contributed by atoms with Crippen LogP contribution in [0.3, 0.4) is 0 Å². The minimum atomic E-state index is -3.55. The molecule has 4 aromatic rings. The van der Waals surface area contributed by atoms with Gasteiger partial charge in [0.1, 0.15) is 18.0 Å². The van der Waals surface area contributed by atoms with Crippen molar-refractivity contribution < 1.29 is 8.42 Å². The van der Waals surface area contributed by atoms with E-state index in [9.17, 15) is 13.2 Å². The zero-order valence-corrected chi connectivity index (χ0v) is 17.6. The van der Waals surface area contributed by atoms with E-state index in [4.69, 9.17) is 0 Å². The minimum absolute atomic E-state index is 0.146. The van der Waals surface area contributed by atoms with E-state index in [0.717, 1.165) is 22.2 Å². The Morgan fingerprint density at radius 1 is 0.903 bits per heavy atom. The Kier molecular flexibility index (Phi) is 5.40. The lowest BCUT2D eigenvalue weighted by molar-refractivity contribution is 0.588. The molecule has 10 heteroatoms. The van der Waals surface area contributed by atoms with Gasteiger partial charge < -0.3 is 15.6 Å². The van der Waals surface area contributed by atoms with Crippen LogP contribution in [0.4, 0.5) is 23.0 Å². The number of anilines is 4. The molecule has 4 rings (SSSR count). The van der Waals surface area contributed by atoms with Gasteiger partial charge in [-0.3, -0.25) is 4.79 Å². The number of rotatable bonds is 6. The fourth-order valence-corrected chi connectivity index (χ4v) is 3.94. The van der Waals surface area contributed by atoms with E-state index in [-0.39, 0.29) is 10.5 Å². The van der Waals surface area contributed by atoms with Crippen LogP contribution in [0.2, 0.25) is 0 Å². The van der Waals surface area contributed by atoms with Crippen LogP contribution in [0.15, 0.2) is 70.6 Å². The number of nitrogens with zero attached hydrogens (tertiary/aromatic N) is 2. The van der Waals surface area contributed by atoms with Gasteiger partial charge in [0.15, 0.2) is 0 Å². The summed E-state index contributed by atoms with van der Waals surface area (Å²) in [5.41, 5.74) is 2.80. The van der Waals surface area contributed by atoms with Crippen LogP contribution in [0, 0.1) is 6.92 Å². The van der Waals surface area contributed by atoms with Crippen LogP contribution in [0.1, 0.15) is 5.56 Å². The molecular weight excluding hydrogens is 416 g/mol. The molecule has 0 saturated heterocycles. The smallest absolute Gasteiger partial charge is 0.248 e. The van der Waals surface area contributed by atoms with Crippen molar-refractivity contribution in [3.63, 3.8) is 0 Å². The third kappa shape index (κ3) is 4.55. The van der Waals surface area contributed by atoms with Gasteiger partial charge in [-0.05, 0) is 49.9 Å². The van der Waals surface area contributed by atoms with E-state index >= 15 is 0 Å². The molecular formula is C21H20N6O3S. The summed E-state index contributed by atoms with van der Waals surface area (Å²) < 4.78 is 26.3. The fraction of sp³-hybridized carbons (Fsp3) is 0.0952. The summed E-state index contributed by atoms with van der Waals surface area (Å²) in [7, 11) is -2.18. The van der Waals surface area contributed by atoms with Crippen molar-refractivity contribution in [1.82, 2.24) is 19.7 Å². The van der Waals surface area contributed by atoms with Gasteiger partial charge in [-0.25, -0.2) is 23.1 Å². The van der Waals surface area contributed by atoms with Gasteiger partial charge in [0, 0.05) is 28.9 Å². The van der Waals surface area contributed by atoms with E-state index in [1.807, 2.05) is 25.1 Å². The third-order valence-corrected chi connectivity index (χ3v) is 6.09. The predicted octanol–water partition coefficient (Wildman–Crippen LogP) is 3.02. The van der Waals surface area contributed by atoms with Crippen molar-refractivity contribution in [3.05, 3.63) is 76.8 Å². The second kappa shape index (κ2) is 8.17. The van der Waals surface area contributed by atoms with Crippen molar-refractivity contribution in [2.45, 2.75) is 11.8 Å². The lowest BCUT2D eigenvalue weighted by atomic mass is 10.1. The van der Waals surface area contributed by atoms with Gasteiger partial charge in [-0.2, -0.15) is 0 Å². The second-order valence-corrected chi connectivity index (χ2v) is 8.74. The SMILES string of the molecule is CNS(=O)(=O)c1cccc(Nc2cc(Nc3ccc4c(C)cc(=O)[nH]c4c3)ncn2)c1. The number of aryl methyl sites for hydroxylation is 1. The van der Waals surface area contributed by atoms with Gasteiger partial charge in [0.2, 0.25) is 15.6 Å². The Morgan fingerprint density at radius 2 is 1.61 bits per heavy atom.